The van der Waals surface area contributed by atoms with Crippen LogP contribution < -0.4 is 10.6 Å². The van der Waals surface area contributed by atoms with Crippen LogP contribution in [0, 0.1) is 5.92 Å². The average molecular weight is 395 g/mol. The summed E-state index contributed by atoms with van der Waals surface area (Å²) in [5, 5.41) is 11.0. The second kappa shape index (κ2) is 9.52. The van der Waals surface area contributed by atoms with Crippen LogP contribution in [0.4, 0.5) is 5.82 Å². The molecule has 3 aromatic rings. The van der Waals surface area contributed by atoms with Gasteiger partial charge in [-0.05, 0) is 50.7 Å². The van der Waals surface area contributed by atoms with E-state index in [0.717, 1.165) is 42.2 Å². The van der Waals surface area contributed by atoms with Crippen molar-refractivity contribution in [3.63, 3.8) is 0 Å². The van der Waals surface area contributed by atoms with Crippen LogP contribution in [0.5, 0.6) is 0 Å². The smallest absolute Gasteiger partial charge is 0.251 e. The summed E-state index contributed by atoms with van der Waals surface area (Å²) < 4.78 is 1.83. The first-order chi connectivity index (χ1) is 13.9. The zero-order valence-corrected chi connectivity index (χ0v) is 17.6. The van der Waals surface area contributed by atoms with Crippen molar-refractivity contribution in [3.05, 3.63) is 48.2 Å². The first-order valence-electron chi connectivity index (χ1n) is 10.1. The summed E-state index contributed by atoms with van der Waals surface area (Å²) in [5.41, 5.74) is 3.30. The molecule has 2 N–H and O–H groups in total. The Morgan fingerprint density at radius 1 is 1.10 bits per heavy atom. The summed E-state index contributed by atoms with van der Waals surface area (Å²) in [7, 11) is 4.08. The van der Waals surface area contributed by atoms with Gasteiger partial charge in [0.1, 0.15) is 5.82 Å². The predicted octanol–water partition coefficient (Wildman–Crippen LogP) is 3.15. The van der Waals surface area contributed by atoms with Gasteiger partial charge in [0.15, 0.2) is 5.65 Å². The molecule has 0 unspecified atom stereocenters. The highest BCUT2D eigenvalue weighted by Gasteiger charge is 2.10. The highest BCUT2D eigenvalue weighted by Crippen LogP contribution is 2.21. The van der Waals surface area contributed by atoms with E-state index < -0.39 is 0 Å². The van der Waals surface area contributed by atoms with Gasteiger partial charge in [-0.1, -0.05) is 26.0 Å². The minimum Gasteiger partial charge on any atom is -0.367 e. The van der Waals surface area contributed by atoms with Crippen LogP contribution in [0.1, 0.15) is 30.6 Å². The zero-order valence-electron chi connectivity index (χ0n) is 17.6. The number of hydrogen-bond donors (Lipinski definition) is 2. The first kappa shape index (κ1) is 20.8. The van der Waals surface area contributed by atoms with Crippen molar-refractivity contribution >= 4 is 17.4 Å². The maximum absolute atomic E-state index is 12.3. The van der Waals surface area contributed by atoms with Crippen LogP contribution in [0.3, 0.4) is 0 Å². The molecule has 0 radical (unpaired) electrons. The van der Waals surface area contributed by atoms with Gasteiger partial charge in [0.05, 0.1) is 11.9 Å². The van der Waals surface area contributed by atoms with Gasteiger partial charge in [0.25, 0.3) is 5.91 Å². The third kappa shape index (κ3) is 5.54. The van der Waals surface area contributed by atoms with E-state index in [1.54, 1.807) is 0 Å². The van der Waals surface area contributed by atoms with Crippen LogP contribution in [0.2, 0.25) is 0 Å². The Bertz CT molecular complexity index is 946. The second-order valence-corrected chi connectivity index (χ2v) is 7.88. The molecule has 0 saturated carbocycles. The van der Waals surface area contributed by atoms with Crippen molar-refractivity contribution in [1.82, 2.24) is 24.8 Å². The molecule has 0 aliphatic rings. The van der Waals surface area contributed by atoms with E-state index in [2.05, 4.69) is 39.5 Å². The number of hydrogen-bond acceptors (Lipinski definition) is 5. The third-order valence-electron chi connectivity index (χ3n) is 4.68. The number of imidazole rings is 1. The molecule has 154 valence electrons. The van der Waals surface area contributed by atoms with Crippen molar-refractivity contribution in [2.45, 2.75) is 20.3 Å². The molecule has 3 rings (SSSR count). The molecule has 0 spiro atoms. The van der Waals surface area contributed by atoms with Crippen LogP contribution in [0.25, 0.3) is 16.9 Å². The minimum atomic E-state index is -0.0409. The van der Waals surface area contributed by atoms with E-state index in [1.807, 2.05) is 61.2 Å². The Labute approximate surface area is 172 Å². The molecule has 0 aliphatic heterocycles. The molecule has 7 heteroatoms. The summed E-state index contributed by atoms with van der Waals surface area (Å²) in [6.45, 7) is 6.73. The van der Waals surface area contributed by atoms with Gasteiger partial charge >= 0.3 is 0 Å². The van der Waals surface area contributed by atoms with E-state index in [0.29, 0.717) is 18.0 Å². The highest BCUT2D eigenvalue weighted by atomic mass is 16.1. The fraction of sp³-hybridized carbons (Fsp3) is 0.409. The largest absolute Gasteiger partial charge is 0.367 e. The Morgan fingerprint density at radius 3 is 2.55 bits per heavy atom. The molecule has 1 amide bonds. The quantitative estimate of drug-likeness (QED) is 0.583. The summed E-state index contributed by atoms with van der Waals surface area (Å²) >= 11 is 0. The molecule has 2 aromatic heterocycles. The number of nitrogens with zero attached hydrogens (tertiary/aromatic N) is 4. The SMILES string of the molecule is CC(C)CCNC(=O)c1ccc(-c2cnc3ccc(NCCN(C)C)nn23)cc1. The zero-order chi connectivity index (χ0) is 20.8. The number of anilines is 1. The normalized spacial score (nSPS) is 11.4. The molecule has 0 saturated heterocycles. The van der Waals surface area contributed by atoms with Crippen molar-refractivity contribution in [2.24, 2.45) is 5.92 Å². The highest BCUT2D eigenvalue weighted by molar-refractivity contribution is 5.94. The maximum atomic E-state index is 12.3. The number of rotatable bonds is 9. The molecule has 29 heavy (non-hydrogen) atoms. The minimum absolute atomic E-state index is 0.0409. The molecule has 2 heterocycles. The fourth-order valence-corrected chi connectivity index (χ4v) is 2.94. The van der Waals surface area contributed by atoms with E-state index in [-0.39, 0.29) is 5.91 Å². The van der Waals surface area contributed by atoms with Crippen molar-refractivity contribution in [3.8, 4) is 11.3 Å². The fourth-order valence-electron chi connectivity index (χ4n) is 2.94. The number of carbonyl (C=O) groups is 1. The first-order valence-corrected chi connectivity index (χ1v) is 10.1. The number of nitrogens with one attached hydrogen (secondary N) is 2. The van der Waals surface area contributed by atoms with Crippen molar-refractivity contribution in [2.75, 3.05) is 39.0 Å². The number of aromatic nitrogens is 3. The van der Waals surface area contributed by atoms with Crippen LogP contribution >= 0.6 is 0 Å². The molecule has 0 atom stereocenters. The lowest BCUT2D eigenvalue weighted by Crippen LogP contribution is -2.25. The molecule has 1 aromatic carbocycles. The second-order valence-electron chi connectivity index (χ2n) is 7.88. The Morgan fingerprint density at radius 2 is 1.86 bits per heavy atom. The summed E-state index contributed by atoms with van der Waals surface area (Å²) in [5.74, 6) is 1.34. The molecule has 7 nitrogen and oxygen atoms in total. The topological polar surface area (TPSA) is 74.6 Å². The average Bonchev–Trinajstić information content (AvgIpc) is 3.11. The number of likely N-dealkylation sites (N-methyl/N-ethyl adjacent to an activating group) is 1. The summed E-state index contributed by atoms with van der Waals surface area (Å²) in [6, 6.07) is 11.5. The van der Waals surface area contributed by atoms with E-state index in [1.165, 1.54) is 0 Å². The number of amides is 1. The lowest BCUT2D eigenvalue weighted by molar-refractivity contribution is 0.0952. The van der Waals surface area contributed by atoms with Gasteiger partial charge in [0.2, 0.25) is 0 Å². The standard InChI is InChI=1S/C22H30N6O/c1-16(2)11-12-24-22(29)18-7-5-17(6-8-18)19-15-25-21-10-9-20(26-28(19)21)23-13-14-27(3)4/h5-10,15-16H,11-14H2,1-4H3,(H,23,26)(H,24,29). The van der Waals surface area contributed by atoms with Gasteiger partial charge in [-0.2, -0.15) is 0 Å². The van der Waals surface area contributed by atoms with Gasteiger partial charge in [0, 0.05) is 30.8 Å². The van der Waals surface area contributed by atoms with E-state index in [4.69, 9.17) is 0 Å². The lowest BCUT2D eigenvalue weighted by Gasteiger charge is -2.11. The summed E-state index contributed by atoms with van der Waals surface area (Å²) in [4.78, 5) is 18.8. The summed E-state index contributed by atoms with van der Waals surface area (Å²) in [6.07, 6.45) is 2.78. The Kier molecular flexibility index (Phi) is 6.82. The Hall–Kier alpha value is -2.93. The van der Waals surface area contributed by atoms with Gasteiger partial charge in [-0.3, -0.25) is 4.79 Å². The van der Waals surface area contributed by atoms with Crippen molar-refractivity contribution in [1.29, 1.82) is 0 Å². The number of benzene rings is 1. The maximum Gasteiger partial charge on any atom is 0.251 e. The number of carbonyl (C=O) groups excluding carboxylic acids is 1. The van der Waals surface area contributed by atoms with Crippen LogP contribution in [-0.4, -0.2) is 59.1 Å². The Balaban J connectivity index is 1.73. The van der Waals surface area contributed by atoms with Crippen molar-refractivity contribution < 1.29 is 4.79 Å². The number of fused-ring (bicyclic) bond motifs is 1. The predicted molar refractivity (Wildman–Crippen MR) is 117 cm³/mol. The molecule has 0 bridgehead atoms. The molecule has 0 fully saturated rings. The van der Waals surface area contributed by atoms with Gasteiger partial charge in [-0.15, -0.1) is 5.10 Å². The van der Waals surface area contributed by atoms with E-state index in [9.17, 15) is 4.79 Å². The molecular weight excluding hydrogens is 364 g/mol. The third-order valence-corrected chi connectivity index (χ3v) is 4.68. The van der Waals surface area contributed by atoms with Crippen LogP contribution in [0.15, 0.2) is 42.6 Å². The molecule has 0 aliphatic carbocycles. The van der Waals surface area contributed by atoms with Crippen LogP contribution in [-0.2, 0) is 0 Å². The van der Waals surface area contributed by atoms with Gasteiger partial charge in [-0.25, -0.2) is 9.50 Å². The van der Waals surface area contributed by atoms with E-state index >= 15 is 0 Å². The molecular formula is C22H30N6O. The van der Waals surface area contributed by atoms with Gasteiger partial charge < -0.3 is 15.5 Å². The monoisotopic (exact) mass is 394 g/mol. The lowest BCUT2D eigenvalue weighted by atomic mass is 10.1.